The third-order valence-electron chi connectivity index (χ3n) is 6.17. The highest BCUT2D eigenvalue weighted by atomic mass is 19.4. The lowest BCUT2D eigenvalue weighted by Crippen LogP contribution is -2.44. The zero-order valence-corrected chi connectivity index (χ0v) is 19.0. The summed E-state index contributed by atoms with van der Waals surface area (Å²) < 4.78 is 42.9. The van der Waals surface area contributed by atoms with Crippen LogP contribution in [0.15, 0.2) is 42.6 Å². The normalized spacial score (nSPS) is 16.2. The number of carbonyl (C=O) groups is 1. The summed E-state index contributed by atoms with van der Waals surface area (Å²) in [6.45, 7) is 5.30. The molecule has 0 saturated heterocycles. The average molecular weight is 468 g/mol. The number of aromatic nitrogens is 5. The van der Waals surface area contributed by atoms with E-state index in [4.69, 9.17) is 0 Å². The molecule has 0 fully saturated rings. The van der Waals surface area contributed by atoms with E-state index in [0.29, 0.717) is 11.3 Å². The fourth-order valence-electron chi connectivity index (χ4n) is 4.56. The topological polar surface area (TPSA) is 68.8 Å². The first kappa shape index (κ1) is 22.1. The summed E-state index contributed by atoms with van der Waals surface area (Å²) >= 11 is 0. The summed E-state index contributed by atoms with van der Waals surface area (Å²) in [4.78, 5) is 19.1. The number of anilines is 1. The van der Waals surface area contributed by atoms with E-state index < -0.39 is 12.2 Å². The summed E-state index contributed by atoms with van der Waals surface area (Å²) in [5, 5.41) is 9.40. The zero-order valence-electron chi connectivity index (χ0n) is 19.0. The summed E-state index contributed by atoms with van der Waals surface area (Å²) in [6.07, 6.45) is -3.01. The molecule has 1 aliphatic rings. The van der Waals surface area contributed by atoms with Crippen molar-refractivity contribution in [3.63, 3.8) is 0 Å². The third-order valence-corrected chi connectivity index (χ3v) is 6.17. The molecule has 0 N–H and O–H groups in total. The van der Waals surface area contributed by atoms with E-state index in [2.05, 4.69) is 15.2 Å². The number of hydrogen-bond donors (Lipinski definition) is 0. The minimum Gasteiger partial charge on any atom is -0.295 e. The highest BCUT2D eigenvalue weighted by Crippen LogP contribution is 2.39. The number of rotatable bonds is 3. The summed E-state index contributed by atoms with van der Waals surface area (Å²) in [6, 6.07) is 9.79. The van der Waals surface area contributed by atoms with Gasteiger partial charge in [-0.2, -0.15) is 23.4 Å². The van der Waals surface area contributed by atoms with Gasteiger partial charge in [-0.1, -0.05) is 29.8 Å². The largest absolute Gasteiger partial charge is 0.410 e. The van der Waals surface area contributed by atoms with Crippen LogP contribution in [0.1, 0.15) is 29.4 Å². The van der Waals surface area contributed by atoms with Gasteiger partial charge in [-0.05, 0) is 44.4 Å². The van der Waals surface area contributed by atoms with Gasteiger partial charge in [0, 0.05) is 24.2 Å². The van der Waals surface area contributed by atoms with Crippen LogP contribution in [-0.4, -0.2) is 43.2 Å². The Morgan fingerprint density at radius 2 is 1.82 bits per heavy atom. The molecule has 3 aromatic heterocycles. The van der Waals surface area contributed by atoms with E-state index in [9.17, 15) is 18.0 Å². The predicted octanol–water partition coefficient (Wildman–Crippen LogP) is 4.76. The van der Waals surface area contributed by atoms with Crippen molar-refractivity contribution >= 4 is 22.8 Å². The molecule has 1 aliphatic heterocycles. The maximum atomic E-state index is 13.5. The number of nitrogens with zero attached hydrogens (tertiary/aromatic N) is 6. The van der Waals surface area contributed by atoms with Crippen LogP contribution in [-0.2, 0) is 11.3 Å². The Morgan fingerprint density at radius 1 is 1.09 bits per heavy atom. The van der Waals surface area contributed by atoms with Gasteiger partial charge in [0.15, 0.2) is 11.7 Å². The quantitative estimate of drug-likeness (QED) is 0.435. The highest BCUT2D eigenvalue weighted by molar-refractivity contribution is 5.97. The van der Waals surface area contributed by atoms with Gasteiger partial charge in [-0.15, -0.1) is 0 Å². The second-order valence-electron chi connectivity index (χ2n) is 8.65. The van der Waals surface area contributed by atoms with Gasteiger partial charge in [0.2, 0.25) is 5.91 Å². The number of alkyl halides is 3. The molecule has 0 spiro atoms. The Labute approximate surface area is 193 Å². The van der Waals surface area contributed by atoms with Crippen LogP contribution in [0.4, 0.5) is 19.0 Å². The molecule has 10 heteroatoms. The van der Waals surface area contributed by atoms with Crippen molar-refractivity contribution in [2.75, 3.05) is 11.4 Å². The molecule has 0 saturated carbocycles. The van der Waals surface area contributed by atoms with Gasteiger partial charge in [-0.3, -0.25) is 9.69 Å². The Hall–Kier alpha value is -3.69. The van der Waals surface area contributed by atoms with Crippen LogP contribution in [0.2, 0.25) is 0 Å². The molecule has 34 heavy (non-hydrogen) atoms. The molecule has 4 heterocycles. The summed E-state index contributed by atoms with van der Waals surface area (Å²) in [5.74, 6) is -0.216. The molecule has 176 valence electrons. The predicted molar refractivity (Wildman–Crippen MR) is 121 cm³/mol. The first-order valence-electron chi connectivity index (χ1n) is 11.0. The number of pyridine rings is 1. The van der Waals surface area contributed by atoms with E-state index in [1.807, 2.05) is 44.2 Å². The molecule has 1 atom stereocenters. The van der Waals surface area contributed by atoms with Crippen molar-refractivity contribution in [2.45, 2.75) is 46.0 Å². The minimum atomic E-state index is -4.44. The molecule has 7 nitrogen and oxygen atoms in total. The number of hydrogen-bond acceptors (Lipinski definition) is 4. The molecule has 5 rings (SSSR count). The van der Waals surface area contributed by atoms with Crippen LogP contribution in [0.3, 0.4) is 0 Å². The number of amides is 1. The summed E-state index contributed by atoms with van der Waals surface area (Å²) in [7, 11) is 0. The molecular weight excluding hydrogens is 445 g/mol. The van der Waals surface area contributed by atoms with Gasteiger partial charge < -0.3 is 0 Å². The Kier molecular flexibility index (Phi) is 5.18. The van der Waals surface area contributed by atoms with Crippen molar-refractivity contribution in [3.8, 4) is 11.1 Å². The van der Waals surface area contributed by atoms with Crippen LogP contribution >= 0.6 is 0 Å². The van der Waals surface area contributed by atoms with Crippen LogP contribution < -0.4 is 4.90 Å². The lowest BCUT2D eigenvalue weighted by atomic mass is 10.0. The Bertz CT molecular complexity index is 1390. The van der Waals surface area contributed by atoms with Crippen molar-refractivity contribution in [3.05, 3.63) is 59.5 Å². The van der Waals surface area contributed by atoms with Crippen LogP contribution in [0, 0.1) is 20.8 Å². The highest BCUT2D eigenvalue weighted by Gasteiger charge is 2.46. The monoisotopic (exact) mass is 468 g/mol. The number of halogens is 3. The van der Waals surface area contributed by atoms with E-state index >= 15 is 0 Å². The van der Waals surface area contributed by atoms with E-state index in [1.54, 1.807) is 13.1 Å². The zero-order chi connectivity index (χ0) is 24.2. The molecule has 1 unspecified atom stereocenters. The van der Waals surface area contributed by atoms with Crippen molar-refractivity contribution in [2.24, 2.45) is 0 Å². The molecular formula is C24H23F3N6O. The van der Waals surface area contributed by atoms with Gasteiger partial charge in [0.25, 0.3) is 0 Å². The maximum absolute atomic E-state index is 13.5. The van der Waals surface area contributed by atoms with E-state index in [1.165, 1.54) is 15.6 Å². The second kappa shape index (κ2) is 7.96. The van der Waals surface area contributed by atoms with E-state index in [-0.39, 0.29) is 31.2 Å². The van der Waals surface area contributed by atoms with Gasteiger partial charge in [-0.25, -0.2) is 14.3 Å². The Balaban J connectivity index is 1.49. The standard InChI is InChI=1S/C24H23F3N6O/c1-14-4-6-17(7-5-14)18-8-10-28-23-22(18)16(3)30-32(23)13-21(34)31-11-9-19(24(25,26)27)33-20(31)12-15(2)29-33/h4-8,10,12,19H,9,11,13H2,1-3H3. The molecule has 0 aliphatic carbocycles. The lowest BCUT2D eigenvalue weighted by molar-refractivity contribution is -0.173. The molecule has 1 aromatic carbocycles. The van der Waals surface area contributed by atoms with Gasteiger partial charge in [0.05, 0.1) is 11.4 Å². The van der Waals surface area contributed by atoms with Crippen molar-refractivity contribution in [1.82, 2.24) is 24.5 Å². The van der Waals surface area contributed by atoms with Crippen molar-refractivity contribution < 1.29 is 18.0 Å². The smallest absolute Gasteiger partial charge is 0.295 e. The van der Waals surface area contributed by atoms with Crippen LogP contribution in [0.25, 0.3) is 22.2 Å². The fraction of sp³-hybridized carbons (Fsp3) is 0.333. The second-order valence-corrected chi connectivity index (χ2v) is 8.65. The molecule has 0 bridgehead atoms. The molecule has 0 radical (unpaired) electrons. The van der Waals surface area contributed by atoms with Gasteiger partial charge in [0.1, 0.15) is 12.4 Å². The molecule has 4 aromatic rings. The van der Waals surface area contributed by atoms with E-state index in [0.717, 1.165) is 32.5 Å². The Morgan fingerprint density at radius 3 is 2.53 bits per heavy atom. The number of fused-ring (bicyclic) bond motifs is 2. The lowest BCUT2D eigenvalue weighted by Gasteiger charge is -2.33. The number of aryl methyl sites for hydroxylation is 3. The third kappa shape index (κ3) is 3.72. The minimum absolute atomic E-state index is 0.0473. The average Bonchev–Trinajstić information content (AvgIpc) is 3.32. The maximum Gasteiger partial charge on any atom is 0.410 e. The first-order chi connectivity index (χ1) is 16.1. The summed E-state index contributed by atoms with van der Waals surface area (Å²) in [5.41, 5.74) is 4.83. The number of carbonyl (C=O) groups excluding carboxylic acids is 1. The van der Waals surface area contributed by atoms with Gasteiger partial charge >= 0.3 is 6.18 Å². The number of benzene rings is 1. The van der Waals surface area contributed by atoms with Crippen molar-refractivity contribution in [1.29, 1.82) is 0 Å². The fourth-order valence-corrected chi connectivity index (χ4v) is 4.56. The molecule has 1 amide bonds. The first-order valence-corrected chi connectivity index (χ1v) is 11.0. The van der Waals surface area contributed by atoms with Crippen LogP contribution in [0.5, 0.6) is 0 Å². The SMILES string of the molecule is Cc1ccc(-c2ccnc3c2c(C)nn3CC(=O)N2CCC(C(F)(F)F)n3nc(C)cc32)cc1.